The number of rotatable bonds is 3. The molecule has 0 saturated heterocycles. The monoisotopic (exact) mass is 360 g/mol. The molecule has 4 aromatic rings. The van der Waals surface area contributed by atoms with Gasteiger partial charge in [-0.15, -0.1) is 0 Å². The fraction of sp³-hybridized carbons (Fsp3) is 0.0400. The van der Waals surface area contributed by atoms with Gasteiger partial charge in [0.15, 0.2) is 0 Å². The summed E-state index contributed by atoms with van der Waals surface area (Å²) in [6, 6.07) is 32.0. The molecule has 5 rings (SSSR count). The number of anilines is 2. The molecule has 0 fully saturated rings. The summed E-state index contributed by atoms with van der Waals surface area (Å²) in [5.74, 6) is 2.30. The normalized spacial score (nSPS) is 13.2. The fourth-order valence-electron chi connectivity index (χ4n) is 4.04. The van der Waals surface area contributed by atoms with E-state index in [0.717, 1.165) is 0 Å². The van der Waals surface area contributed by atoms with Crippen LogP contribution in [0, 0.1) is 6.92 Å². The summed E-state index contributed by atoms with van der Waals surface area (Å²) in [6.45, 7) is 2.18. The van der Waals surface area contributed by atoms with Crippen molar-refractivity contribution in [2.24, 2.45) is 0 Å². The molecule has 1 heterocycles. The van der Waals surface area contributed by atoms with Crippen LogP contribution in [0.25, 0.3) is 16.3 Å². The third kappa shape index (κ3) is 2.95. The summed E-state index contributed by atoms with van der Waals surface area (Å²) < 4.78 is 0. The second-order valence-corrected chi connectivity index (χ2v) is 7.24. The van der Waals surface area contributed by atoms with Crippen molar-refractivity contribution in [2.45, 2.75) is 6.92 Å². The molecule has 28 heavy (non-hydrogen) atoms. The number of hydrogen-bond donors (Lipinski definition) is 2. The summed E-state index contributed by atoms with van der Waals surface area (Å²) in [5.41, 5.74) is 7.33. The van der Waals surface area contributed by atoms with Crippen molar-refractivity contribution in [2.75, 3.05) is 10.5 Å². The van der Waals surface area contributed by atoms with Gasteiger partial charge >= 0.3 is 6.98 Å². The Morgan fingerprint density at radius 3 is 2.04 bits per heavy atom. The largest absolute Gasteiger partial charge is 0.405 e. The Labute approximate surface area is 166 Å². The molecule has 1 aliphatic heterocycles. The first-order chi connectivity index (χ1) is 13.8. The van der Waals surface area contributed by atoms with Crippen molar-refractivity contribution in [3.8, 4) is 0 Å². The van der Waals surface area contributed by atoms with Gasteiger partial charge in [0, 0.05) is 16.8 Å². The van der Waals surface area contributed by atoms with Crippen LogP contribution in [0.4, 0.5) is 11.4 Å². The van der Waals surface area contributed by atoms with Crippen molar-refractivity contribution in [1.29, 1.82) is 0 Å². The maximum atomic E-state index is 3.66. The topological polar surface area (TPSA) is 24.1 Å². The Morgan fingerprint density at radius 1 is 0.714 bits per heavy atom. The molecule has 2 nitrogen and oxygen atoms in total. The van der Waals surface area contributed by atoms with Gasteiger partial charge in [-0.3, -0.25) is 0 Å². The first kappa shape index (κ1) is 16.7. The van der Waals surface area contributed by atoms with E-state index in [9.17, 15) is 0 Å². The summed E-state index contributed by atoms with van der Waals surface area (Å²) >= 11 is 0. The lowest BCUT2D eigenvalue weighted by Gasteiger charge is -2.26. The van der Waals surface area contributed by atoms with Crippen LogP contribution in [-0.2, 0) is 0 Å². The molecule has 3 heteroatoms. The van der Waals surface area contributed by atoms with E-state index in [-0.39, 0.29) is 6.98 Å². The smallest absolute Gasteiger partial charge is 0.399 e. The zero-order chi connectivity index (χ0) is 18.9. The SMILES string of the molecule is Cc1ccccc1/C(=C\B1Nc2cccc3cccc(c23)N1)c1ccccc1. The molecule has 0 aromatic heterocycles. The average Bonchev–Trinajstić information content (AvgIpc) is 2.74. The molecule has 0 bridgehead atoms. The van der Waals surface area contributed by atoms with Crippen molar-refractivity contribution < 1.29 is 0 Å². The first-order valence-electron chi connectivity index (χ1n) is 9.68. The molecule has 0 spiro atoms. The highest BCUT2D eigenvalue weighted by atomic mass is 15.0. The standard InChI is InChI=1S/C25H21BN2/c1-18-9-5-6-14-21(18)22(19-10-3-2-4-11-19)17-26-27-23-15-7-12-20-13-8-16-24(28-26)25(20)23/h2-17,27-28H,1H3/b22-17-. The van der Waals surface area contributed by atoms with E-state index in [1.807, 2.05) is 0 Å². The Bertz CT molecular complexity index is 1140. The maximum Gasteiger partial charge on any atom is 0.399 e. The van der Waals surface area contributed by atoms with Crippen LogP contribution < -0.4 is 10.5 Å². The Balaban J connectivity index is 1.62. The van der Waals surface area contributed by atoms with Crippen molar-refractivity contribution in [3.63, 3.8) is 0 Å². The minimum Gasteiger partial charge on any atom is -0.405 e. The first-order valence-corrected chi connectivity index (χ1v) is 9.68. The van der Waals surface area contributed by atoms with E-state index in [1.54, 1.807) is 0 Å². The summed E-state index contributed by atoms with van der Waals surface area (Å²) in [7, 11) is 0. The lowest BCUT2D eigenvalue weighted by Crippen LogP contribution is -2.36. The third-order valence-corrected chi connectivity index (χ3v) is 5.38. The van der Waals surface area contributed by atoms with Gasteiger partial charge in [0.1, 0.15) is 0 Å². The molecule has 0 aliphatic carbocycles. The van der Waals surface area contributed by atoms with Gasteiger partial charge in [0.05, 0.1) is 0 Å². The summed E-state index contributed by atoms with van der Waals surface area (Å²) in [5, 5.41) is 9.83. The highest BCUT2D eigenvalue weighted by Crippen LogP contribution is 2.35. The molecular formula is C25H21BN2. The van der Waals surface area contributed by atoms with Crippen LogP contribution in [-0.4, -0.2) is 6.98 Å². The van der Waals surface area contributed by atoms with Gasteiger partial charge in [0.2, 0.25) is 0 Å². The molecule has 0 unspecified atom stereocenters. The predicted molar refractivity (Wildman–Crippen MR) is 122 cm³/mol. The van der Waals surface area contributed by atoms with E-state index in [2.05, 4.69) is 114 Å². The zero-order valence-corrected chi connectivity index (χ0v) is 15.8. The van der Waals surface area contributed by atoms with Crippen LogP contribution in [0.2, 0.25) is 0 Å². The molecule has 0 amide bonds. The van der Waals surface area contributed by atoms with E-state index in [0.29, 0.717) is 0 Å². The maximum absolute atomic E-state index is 3.66. The minimum atomic E-state index is 0.00955. The van der Waals surface area contributed by atoms with Crippen LogP contribution in [0.3, 0.4) is 0 Å². The summed E-state index contributed by atoms with van der Waals surface area (Å²) in [4.78, 5) is 0. The van der Waals surface area contributed by atoms with Gasteiger partial charge in [-0.05, 0) is 46.7 Å². The van der Waals surface area contributed by atoms with Gasteiger partial charge < -0.3 is 10.5 Å². The summed E-state index contributed by atoms with van der Waals surface area (Å²) in [6.07, 6.45) is 0. The molecular weight excluding hydrogens is 339 g/mol. The van der Waals surface area contributed by atoms with Crippen LogP contribution in [0.1, 0.15) is 16.7 Å². The number of aryl methyl sites for hydroxylation is 1. The minimum absolute atomic E-state index is 0.00955. The molecule has 0 radical (unpaired) electrons. The van der Waals surface area contributed by atoms with Crippen LogP contribution in [0.15, 0.2) is 97.0 Å². The van der Waals surface area contributed by atoms with Crippen LogP contribution in [0.5, 0.6) is 0 Å². The Morgan fingerprint density at radius 2 is 1.36 bits per heavy atom. The molecule has 0 atom stereocenters. The molecule has 134 valence electrons. The number of hydrogen-bond acceptors (Lipinski definition) is 2. The van der Waals surface area contributed by atoms with E-state index < -0.39 is 0 Å². The van der Waals surface area contributed by atoms with Crippen molar-refractivity contribution in [3.05, 3.63) is 114 Å². The van der Waals surface area contributed by atoms with Crippen LogP contribution >= 0.6 is 0 Å². The second kappa shape index (κ2) is 6.93. The quantitative estimate of drug-likeness (QED) is 0.429. The Hall–Kier alpha value is -3.46. The van der Waals surface area contributed by atoms with E-state index in [1.165, 1.54) is 44.4 Å². The number of nitrogens with one attached hydrogen (secondary N) is 2. The highest BCUT2D eigenvalue weighted by Gasteiger charge is 2.23. The zero-order valence-electron chi connectivity index (χ0n) is 15.8. The number of benzene rings is 4. The fourth-order valence-corrected chi connectivity index (χ4v) is 4.04. The highest BCUT2D eigenvalue weighted by molar-refractivity contribution is 6.73. The van der Waals surface area contributed by atoms with Gasteiger partial charge in [-0.2, -0.15) is 0 Å². The van der Waals surface area contributed by atoms with Gasteiger partial charge in [-0.25, -0.2) is 0 Å². The van der Waals surface area contributed by atoms with E-state index in [4.69, 9.17) is 0 Å². The van der Waals surface area contributed by atoms with Gasteiger partial charge in [0.25, 0.3) is 0 Å². The molecule has 0 saturated carbocycles. The molecule has 1 aliphatic rings. The second-order valence-electron chi connectivity index (χ2n) is 7.24. The van der Waals surface area contributed by atoms with E-state index >= 15 is 0 Å². The Kier molecular flexibility index (Phi) is 4.14. The lowest BCUT2D eigenvalue weighted by molar-refractivity contribution is 1.41. The van der Waals surface area contributed by atoms with Crippen molar-refractivity contribution >= 4 is 34.7 Å². The predicted octanol–water partition coefficient (Wildman–Crippen LogP) is 6.14. The van der Waals surface area contributed by atoms with Gasteiger partial charge in [-0.1, -0.05) is 84.8 Å². The average molecular weight is 360 g/mol. The van der Waals surface area contributed by atoms with Crippen molar-refractivity contribution in [1.82, 2.24) is 0 Å². The molecule has 4 aromatic carbocycles. The third-order valence-electron chi connectivity index (χ3n) is 5.38. The molecule has 2 N–H and O–H groups in total. The lowest BCUT2D eigenvalue weighted by atomic mass is 9.70.